The molecule has 1 heterocycles. The van der Waals surface area contributed by atoms with E-state index < -0.39 is 0 Å². The Hall–Kier alpha value is -1.88. The molecule has 0 saturated heterocycles. The Morgan fingerprint density at radius 3 is 2.55 bits per heavy atom. The first-order chi connectivity index (χ1) is 9.62. The minimum absolute atomic E-state index is 0.129. The summed E-state index contributed by atoms with van der Waals surface area (Å²) in [5.41, 5.74) is 1.10. The summed E-state index contributed by atoms with van der Waals surface area (Å²) in [5, 5.41) is 0.129. The van der Waals surface area contributed by atoms with Crippen LogP contribution in [0.25, 0.3) is 0 Å². The van der Waals surface area contributed by atoms with Gasteiger partial charge in [0.05, 0.1) is 0 Å². The van der Waals surface area contributed by atoms with Crippen LogP contribution < -0.4 is 9.64 Å². The van der Waals surface area contributed by atoms with Gasteiger partial charge in [0.15, 0.2) is 0 Å². The molecule has 0 saturated carbocycles. The quantitative estimate of drug-likeness (QED) is 0.844. The van der Waals surface area contributed by atoms with E-state index in [9.17, 15) is 0 Å². The van der Waals surface area contributed by atoms with Crippen molar-refractivity contribution in [3.63, 3.8) is 0 Å². The highest BCUT2D eigenvalue weighted by Gasteiger charge is 2.11. The van der Waals surface area contributed by atoms with E-state index >= 15 is 0 Å². The van der Waals surface area contributed by atoms with Crippen molar-refractivity contribution in [2.45, 2.75) is 20.8 Å². The maximum absolute atomic E-state index is 5.94. The average molecular weight is 293 g/mol. The van der Waals surface area contributed by atoms with Crippen molar-refractivity contribution in [3.8, 4) is 11.8 Å². The van der Waals surface area contributed by atoms with E-state index in [1.807, 2.05) is 49.9 Å². The summed E-state index contributed by atoms with van der Waals surface area (Å²) < 4.78 is 5.65. The number of rotatable bonds is 5. The number of aryl methyl sites for hydroxylation is 1. The van der Waals surface area contributed by atoms with Gasteiger partial charge in [-0.2, -0.15) is 15.0 Å². The molecule has 0 spiro atoms. The van der Waals surface area contributed by atoms with E-state index in [1.165, 1.54) is 0 Å². The molecule has 0 aliphatic heterocycles. The first-order valence-corrected chi connectivity index (χ1v) is 6.91. The molecule has 0 atom stereocenters. The number of aromatic nitrogens is 3. The Balaban J connectivity index is 2.28. The van der Waals surface area contributed by atoms with Crippen molar-refractivity contribution < 1.29 is 4.74 Å². The number of benzene rings is 1. The second-order valence-corrected chi connectivity index (χ2v) is 4.62. The minimum Gasteiger partial charge on any atom is -0.424 e. The SMILES string of the molecule is CCN(CC)c1nc(Cl)nc(Oc2cccc(C)c2)n1. The number of ether oxygens (including phenoxy) is 1. The first-order valence-electron chi connectivity index (χ1n) is 6.53. The Kier molecular flexibility index (Phi) is 4.74. The van der Waals surface area contributed by atoms with E-state index in [0.717, 1.165) is 18.7 Å². The number of halogens is 1. The zero-order chi connectivity index (χ0) is 14.5. The predicted octanol–water partition coefficient (Wildman–Crippen LogP) is 3.47. The normalized spacial score (nSPS) is 10.4. The number of hydrogen-bond donors (Lipinski definition) is 0. The predicted molar refractivity (Wildman–Crippen MR) is 79.7 cm³/mol. The molecule has 6 heteroatoms. The first kappa shape index (κ1) is 14.5. The minimum atomic E-state index is 0.129. The van der Waals surface area contributed by atoms with Gasteiger partial charge in [-0.25, -0.2) is 0 Å². The zero-order valence-corrected chi connectivity index (χ0v) is 12.6. The van der Waals surface area contributed by atoms with E-state index in [-0.39, 0.29) is 11.3 Å². The summed E-state index contributed by atoms with van der Waals surface area (Å²) in [7, 11) is 0. The second kappa shape index (κ2) is 6.52. The third-order valence-corrected chi connectivity index (χ3v) is 2.99. The molecule has 0 N–H and O–H groups in total. The maximum atomic E-state index is 5.94. The van der Waals surface area contributed by atoms with E-state index in [4.69, 9.17) is 16.3 Å². The molecular formula is C14H17ClN4O. The molecule has 0 aliphatic carbocycles. The van der Waals surface area contributed by atoms with Crippen LogP contribution in [-0.2, 0) is 0 Å². The average Bonchev–Trinajstić information content (AvgIpc) is 2.39. The van der Waals surface area contributed by atoms with Gasteiger partial charge in [-0.1, -0.05) is 12.1 Å². The van der Waals surface area contributed by atoms with Crippen LogP contribution in [0.5, 0.6) is 11.8 Å². The molecule has 2 aromatic rings. The maximum Gasteiger partial charge on any atom is 0.328 e. The summed E-state index contributed by atoms with van der Waals surface area (Å²) in [6.07, 6.45) is 0. The Morgan fingerprint density at radius 2 is 1.90 bits per heavy atom. The number of nitrogens with zero attached hydrogens (tertiary/aromatic N) is 4. The van der Waals surface area contributed by atoms with Crippen molar-refractivity contribution in [3.05, 3.63) is 35.1 Å². The van der Waals surface area contributed by atoms with Crippen LogP contribution in [0.1, 0.15) is 19.4 Å². The molecule has 2 rings (SSSR count). The molecule has 0 aliphatic rings. The Morgan fingerprint density at radius 1 is 1.15 bits per heavy atom. The van der Waals surface area contributed by atoms with E-state index in [1.54, 1.807) is 0 Å². The molecule has 106 valence electrons. The lowest BCUT2D eigenvalue weighted by Crippen LogP contribution is -2.24. The molecule has 1 aromatic carbocycles. The molecule has 5 nitrogen and oxygen atoms in total. The van der Waals surface area contributed by atoms with Crippen molar-refractivity contribution in [1.82, 2.24) is 15.0 Å². The lowest BCUT2D eigenvalue weighted by Gasteiger charge is -2.18. The van der Waals surface area contributed by atoms with Gasteiger partial charge in [0, 0.05) is 13.1 Å². The Bertz CT molecular complexity index is 587. The van der Waals surface area contributed by atoms with Crippen LogP contribution in [0.4, 0.5) is 5.95 Å². The highest BCUT2D eigenvalue weighted by atomic mass is 35.5. The van der Waals surface area contributed by atoms with Crippen LogP contribution >= 0.6 is 11.6 Å². The van der Waals surface area contributed by atoms with Gasteiger partial charge in [0.1, 0.15) is 5.75 Å². The molecule has 0 fully saturated rings. The smallest absolute Gasteiger partial charge is 0.328 e. The van der Waals surface area contributed by atoms with Crippen LogP contribution in [0.2, 0.25) is 5.28 Å². The summed E-state index contributed by atoms with van der Waals surface area (Å²) in [4.78, 5) is 14.4. The lowest BCUT2D eigenvalue weighted by atomic mass is 10.2. The van der Waals surface area contributed by atoms with Crippen molar-refractivity contribution in [1.29, 1.82) is 0 Å². The van der Waals surface area contributed by atoms with E-state index in [2.05, 4.69) is 15.0 Å². The highest BCUT2D eigenvalue weighted by Crippen LogP contribution is 2.21. The number of hydrogen-bond acceptors (Lipinski definition) is 5. The highest BCUT2D eigenvalue weighted by molar-refractivity contribution is 6.28. The van der Waals surface area contributed by atoms with Crippen molar-refractivity contribution in [2.24, 2.45) is 0 Å². The molecular weight excluding hydrogens is 276 g/mol. The summed E-state index contributed by atoms with van der Waals surface area (Å²) in [5.74, 6) is 1.20. The van der Waals surface area contributed by atoms with Gasteiger partial charge >= 0.3 is 6.01 Å². The third-order valence-electron chi connectivity index (χ3n) is 2.82. The summed E-state index contributed by atoms with van der Waals surface area (Å²) >= 11 is 5.94. The fourth-order valence-electron chi connectivity index (χ4n) is 1.80. The van der Waals surface area contributed by atoms with Gasteiger partial charge in [-0.15, -0.1) is 0 Å². The number of anilines is 1. The molecule has 20 heavy (non-hydrogen) atoms. The standard InChI is InChI=1S/C14H17ClN4O/c1-4-19(5-2)13-16-12(15)17-14(18-13)20-11-8-6-7-10(3)9-11/h6-9H,4-5H2,1-3H3. The van der Waals surface area contributed by atoms with Crippen LogP contribution in [-0.4, -0.2) is 28.0 Å². The van der Waals surface area contributed by atoms with Gasteiger partial charge in [0.25, 0.3) is 0 Å². The van der Waals surface area contributed by atoms with Crippen LogP contribution in [0, 0.1) is 6.92 Å². The van der Waals surface area contributed by atoms with Crippen LogP contribution in [0.3, 0.4) is 0 Å². The fraction of sp³-hybridized carbons (Fsp3) is 0.357. The summed E-state index contributed by atoms with van der Waals surface area (Å²) in [6.45, 7) is 7.64. The zero-order valence-electron chi connectivity index (χ0n) is 11.8. The van der Waals surface area contributed by atoms with Crippen LogP contribution in [0.15, 0.2) is 24.3 Å². The topological polar surface area (TPSA) is 51.1 Å². The lowest BCUT2D eigenvalue weighted by molar-refractivity contribution is 0.439. The molecule has 0 bridgehead atoms. The molecule has 0 radical (unpaired) electrons. The van der Waals surface area contributed by atoms with E-state index in [0.29, 0.717) is 11.7 Å². The van der Waals surface area contributed by atoms with Crippen molar-refractivity contribution >= 4 is 17.5 Å². The van der Waals surface area contributed by atoms with Gasteiger partial charge in [-0.3, -0.25) is 0 Å². The largest absolute Gasteiger partial charge is 0.424 e. The fourth-order valence-corrected chi connectivity index (χ4v) is 1.95. The Labute approximate surface area is 123 Å². The molecule has 0 unspecified atom stereocenters. The molecule has 1 aromatic heterocycles. The summed E-state index contributed by atoms with van der Waals surface area (Å²) in [6, 6.07) is 7.88. The second-order valence-electron chi connectivity index (χ2n) is 4.28. The molecule has 0 amide bonds. The third kappa shape index (κ3) is 3.57. The van der Waals surface area contributed by atoms with Gasteiger partial charge in [-0.05, 0) is 50.1 Å². The van der Waals surface area contributed by atoms with Gasteiger partial charge in [0.2, 0.25) is 11.2 Å². The van der Waals surface area contributed by atoms with Gasteiger partial charge < -0.3 is 9.64 Å². The monoisotopic (exact) mass is 292 g/mol. The van der Waals surface area contributed by atoms with Crippen molar-refractivity contribution in [2.75, 3.05) is 18.0 Å².